The molecule has 3 rings (SSSR count). The maximum absolute atomic E-state index is 12.0. The van der Waals surface area contributed by atoms with Crippen molar-refractivity contribution >= 4 is 11.8 Å². The molecule has 0 saturated carbocycles. The van der Waals surface area contributed by atoms with Gasteiger partial charge in [-0.1, -0.05) is 5.21 Å². The largest absolute Gasteiger partial charge is 0.464 e. The zero-order valence-electron chi connectivity index (χ0n) is 13.7. The molecule has 1 saturated heterocycles. The number of aromatic nitrogens is 5. The maximum Gasteiger partial charge on any atom is 0.360 e. The zero-order chi connectivity index (χ0) is 17.3. The number of hydrogen-bond acceptors (Lipinski definition) is 10. The monoisotopic (exact) mass is 337 g/mol. The van der Waals surface area contributed by atoms with Crippen molar-refractivity contribution in [2.75, 3.05) is 25.9 Å². The molecular formula is C13H19N7O4. The van der Waals surface area contributed by atoms with Crippen LogP contribution in [0.1, 0.15) is 30.0 Å². The number of carbonyl (C=O) groups is 1. The quantitative estimate of drug-likeness (QED) is 0.736. The van der Waals surface area contributed by atoms with Gasteiger partial charge in [0.1, 0.15) is 0 Å². The van der Waals surface area contributed by atoms with Crippen molar-refractivity contribution in [3.05, 3.63) is 11.4 Å². The highest BCUT2D eigenvalue weighted by Crippen LogP contribution is 2.20. The van der Waals surface area contributed by atoms with Crippen LogP contribution in [-0.2, 0) is 16.0 Å². The van der Waals surface area contributed by atoms with E-state index in [1.807, 2.05) is 13.8 Å². The van der Waals surface area contributed by atoms with Crippen LogP contribution in [0.15, 0.2) is 4.63 Å². The summed E-state index contributed by atoms with van der Waals surface area (Å²) in [5.74, 6) is -0.344. The Bertz CT molecular complexity index is 718. The van der Waals surface area contributed by atoms with Gasteiger partial charge in [-0.3, -0.25) is 4.90 Å². The lowest BCUT2D eigenvalue weighted by Gasteiger charge is -2.35. The number of rotatable bonds is 4. The average molecular weight is 337 g/mol. The van der Waals surface area contributed by atoms with Crippen molar-refractivity contribution < 1.29 is 18.9 Å². The van der Waals surface area contributed by atoms with E-state index in [1.165, 1.54) is 11.8 Å². The first-order valence-electron chi connectivity index (χ1n) is 7.48. The van der Waals surface area contributed by atoms with E-state index in [0.717, 1.165) is 0 Å². The van der Waals surface area contributed by atoms with Crippen LogP contribution >= 0.6 is 0 Å². The van der Waals surface area contributed by atoms with Gasteiger partial charge in [0.2, 0.25) is 11.6 Å². The molecule has 0 radical (unpaired) electrons. The first-order valence-corrected chi connectivity index (χ1v) is 7.48. The summed E-state index contributed by atoms with van der Waals surface area (Å²) in [5, 5.41) is 15.1. The van der Waals surface area contributed by atoms with Crippen LogP contribution in [0.4, 0.5) is 5.82 Å². The summed E-state index contributed by atoms with van der Waals surface area (Å²) in [6.07, 6.45) is 0.164. The molecule has 2 aromatic heterocycles. The van der Waals surface area contributed by atoms with Gasteiger partial charge in [-0.2, -0.15) is 4.68 Å². The topological polar surface area (TPSA) is 134 Å². The number of morpholine rings is 1. The minimum Gasteiger partial charge on any atom is -0.464 e. The highest BCUT2D eigenvalue weighted by Gasteiger charge is 2.29. The molecular weight excluding hydrogens is 318 g/mol. The second-order valence-electron chi connectivity index (χ2n) is 5.71. The SMILES string of the molecule is COC(=O)c1nnn(-c2nonc2N)c1CN1C[C@@H](C)O[C@H](C)C1. The Morgan fingerprint density at radius 2 is 2.04 bits per heavy atom. The van der Waals surface area contributed by atoms with Crippen LogP contribution in [0.2, 0.25) is 0 Å². The van der Waals surface area contributed by atoms with Crippen molar-refractivity contribution in [3.8, 4) is 5.82 Å². The molecule has 1 fully saturated rings. The second kappa shape index (κ2) is 6.53. The summed E-state index contributed by atoms with van der Waals surface area (Å²) in [7, 11) is 1.29. The number of nitrogen functional groups attached to an aromatic ring is 1. The average Bonchev–Trinajstić information content (AvgIpc) is 3.11. The molecule has 11 heteroatoms. The molecule has 0 spiro atoms. The van der Waals surface area contributed by atoms with Crippen LogP contribution < -0.4 is 5.73 Å². The number of ether oxygens (including phenoxy) is 2. The minimum atomic E-state index is -0.583. The van der Waals surface area contributed by atoms with Gasteiger partial charge in [-0.25, -0.2) is 9.42 Å². The van der Waals surface area contributed by atoms with Gasteiger partial charge in [0, 0.05) is 19.6 Å². The van der Waals surface area contributed by atoms with Crippen molar-refractivity contribution in [2.24, 2.45) is 0 Å². The Labute approximate surface area is 137 Å². The minimum absolute atomic E-state index is 0.0567. The van der Waals surface area contributed by atoms with Gasteiger partial charge in [-0.15, -0.1) is 5.10 Å². The molecule has 0 aliphatic carbocycles. The van der Waals surface area contributed by atoms with Crippen LogP contribution in [0, 0.1) is 0 Å². The molecule has 0 bridgehead atoms. The lowest BCUT2D eigenvalue weighted by molar-refractivity contribution is -0.0709. The van der Waals surface area contributed by atoms with Crippen molar-refractivity contribution in [3.63, 3.8) is 0 Å². The fourth-order valence-corrected chi connectivity index (χ4v) is 2.83. The second-order valence-corrected chi connectivity index (χ2v) is 5.71. The van der Waals surface area contributed by atoms with Crippen LogP contribution in [0.3, 0.4) is 0 Å². The normalized spacial score (nSPS) is 21.8. The first-order chi connectivity index (χ1) is 11.5. The van der Waals surface area contributed by atoms with E-state index in [9.17, 15) is 4.79 Å². The van der Waals surface area contributed by atoms with E-state index in [-0.39, 0.29) is 29.5 Å². The van der Waals surface area contributed by atoms with Crippen LogP contribution in [0.25, 0.3) is 5.82 Å². The summed E-state index contributed by atoms with van der Waals surface area (Å²) in [6, 6.07) is 0. The number of nitrogens with zero attached hydrogens (tertiary/aromatic N) is 6. The van der Waals surface area contributed by atoms with Gasteiger partial charge < -0.3 is 15.2 Å². The summed E-state index contributed by atoms with van der Waals surface area (Å²) in [6.45, 7) is 5.82. The number of nitrogens with two attached hydrogens (primary N) is 1. The van der Waals surface area contributed by atoms with Gasteiger partial charge in [-0.05, 0) is 24.2 Å². The highest BCUT2D eigenvalue weighted by molar-refractivity contribution is 5.88. The van der Waals surface area contributed by atoms with Gasteiger partial charge in [0.15, 0.2) is 5.69 Å². The number of anilines is 1. The Morgan fingerprint density at radius 3 is 2.62 bits per heavy atom. The van der Waals surface area contributed by atoms with Gasteiger partial charge >= 0.3 is 5.97 Å². The third-order valence-electron chi connectivity index (χ3n) is 3.71. The molecule has 2 aromatic rings. The Kier molecular flexibility index (Phi) is 4.44. The van der Waals surface area contributed by atoms with Crippen molar-refractivity contribution in [1.29, 1.82) is 0 Å². The molecule has 0 aromatic carbocycles. The smallest absolute Gasteiger partial charge is 0.360 e. The molecule has 3 heterocycles. The number of hydrogen-bond donors (Lipinski definition) is 1. The molecule has 24 heavy (non-hydrogen) atoms. The fourth-order valence-electron chi connectivity index (χ4n) is 2.83. The molecule has 1 aliphatic rings. The molecule has 2 atom stereocenters. The van der Waals surface area contributed by atoms with Crippen LogP contribution in [0.5, 0.6) is 0 Å². The lowest BCUT2D eigenvalue weighted by atomic mass is 10.2. The fraction of sp³-hybridized carbons (Fsp3) is 0.615. The summed E-state index contributed by atoms with van der Waals surface area (Å²) >= 11 is 0. The van der Waals surface area contributed by atoms with E-state index in [4.69, 9.17) is 15.2 Å². The van der Waals surface area contributed by atoms with E-state index in [0.29, 0.717) is 25.3 Å². The third kappa shape index (κ3) is 3.08. The summed E-state index contributed by atoms with van der Waals surface area (Å²) in [4.78, 5) is 14.1. The number of carbonyl (C=O) groups excluding carboxylic acids is 1. The van der Waals surface area contributed by atoms with E-state index in [2.05, 4.69) is 30.2 Å². The first kappa shape index (κ1) is 16.3. The van der Waals surface area contributed by atoms with Crippen molar-refractivity contribution in [2.45, 2.75) is 32.6 Å². The predicted molar refractivity (Wildman–Crippen MR) is 80.3 cm³/mol. The lowest BCUT2D eigenvalue weighted by Crippen LogP contribution is -2.45. The molecule has 0 amide bonds. The Hall–Kier alpha value is -2.53. The van der Waals surface area contributed by atoms with Crippen LogP contribution in [-0.4, -0.2) is 68.6 Å². The van der Waals surface area contributed by atoms with Gasteiger partial charge in [0.05, 0.1) is 25.0 Å². The Morgan fingerprint density at radius 1 is 1.33 bits per heavy atom. The van der Waals surface area contributed by atoms with Gasteiger partial charge in [0.25, 0.3) is 0 Å². The molecule has 1 aliphatic heterocycles. The summed E-state index contributed by atoms with van der Waals surface area (Å²) in [5.41, 5.74) is 6.34. The predicted octanol–water partition coefficient (Wildman–Crippen LogP) is -0.372. The maximum atomic E-state index is 12.0. The number of esters is 1. The molecule has 11 nitrogen and oxygen atoms in total. The number of methoxy groups -OCH3 is 1. The van der Waals surface area contributed by atoms with E-state index < -0.39 is 5.97 Å². The standard InChI is InChI=1S/C13H19N7O4/c1-7-4-19(5-8(2)23-7)6-9-10(13(21)22-3)15-18-20(9)12-11(14)16-24-17-12/h7-8H,4-6H2,1-3H3,(H2,14,16)/t7-,8-/m1/s1. The zero-order valence-corrected chi connectivity index (χ0v) is 13.7. The Balaban J connectivity index is 1.96. The van der Waals surface area contributed by atoms with E-state index >= 15 is 0 Å². The van der Waals surface area contributed by atoms with Crippen molar-refractivity contribution in [1.82, 2.24) is 30.2 Å². The molecule has 0 unspecified atom stereocenters. The highest BCUT2D eigenvalue weighted by atomic mass is 16.6. The molecule has 130 valence electrons. The summed E-state index contributed by atoms with van der Waals surface area (Å²) < 4.78 is 16.5. The molecule has 2 N–H and O–H groups in total. The third-order valence-corrected chi connectivity index (χ3v) is 3.71. The van der Waals surface area contributed by atoms with E-state index in [1.54, 1.807) is 0 Å².